The lowest BCUT2D eigenvalue weighted by Crippen LogP contribution is -2.21. The normalized spacial score (nSPS) is 10.8. The maximum atomic E-state index is 10.6. The minimum Gasteiger partial charge on any atom is -0.475 e. The van der Waals surface area contributed by atoms with Crippen molar-refractivity contribution in [3.05, 3.63) is 48.0 Å². The molecule has 0 saturated heterocycles. The lowest BCUT2D eigenvalue weighted by molar-refractivity contribution is -0.192. The van der Waals surface area contributed by atoms with E-state index in [1.165, 1.54) is 11.6 Å². The molecule has 0 aliphatic carbocycles. The number of carboxylic acids is 1. The Kier molecular flexibility index (Phi) is 8.52. The van der Waals surface area contributed by atoms with Gasteiger partial charge in [-0.2, -0.15) is 13.2 Å². The summed E-state index contributed by atoms with van der Waals surface area (Å²) in [6, 6.07) is 10.3. The molecule has 0 aromatic heterocycles. The van der Waals surface area contributed by atoms with Crippen molar-refractivity contribution in [2.75, 3.05) is 0 Å². The Morgan fingerprint density at radius 1 is 1.19 bits per heavy atom. The van der Waals surface area contributed by atoms with Crippen LogP contribution in [0.25, 0.3) is 0 Å². The van der Waals surface area contributed by atoms with Crippen LogP contribution in [0.15, 0.2) is 42.5 Å². The number of halogens is 3. The van der Waals surface area contributed by atoms with Crippen molar-refractivity contribution < 1.29 is 27.9 Å². The molecule has 0 atom stereocenters. The number of nitrogens with two attached hydrogens (primary N) is 1. The van der Waals surface area contributed by atoms with Gasteiger partial charge in [-0.25, -0.2) is 4.79 Å². The van der Waals surface area contributed by atoms with Gasteiger partial charge in [-0.1, -0.05) is 36.4 Å². The molecule has 116 valence electrons. The fraction of sp³-hybridized carbons (Fsp3) is 0.286. The molecule has 1 aromatic rings. The minimum absolute atomic E-state index is 0.371. The fourth-order valence-corrected chi connectivity index (χ4v) is 1.27. The van der Waals surface area contributed by atoms with Gasteiger partial charge in [-0.15, -0.1) is 0 Å². The molecule has 3 N–H and O–H groups in total. The standard InChI is InChI=1S/C12H15NO.C2HF3O2/c13-12(14)10-6-2-5-9-11-7-3-1-4-8-11;3-2(4,5)1(6)7/h1,3-4,6-8,10H,2,5,9H2,(H2,13,14);(H,6,7). The summed E-state index contributed by atoms with van der Waals surface area (Å²) >= 11 is 0. The number of carbonyl (C=O) groups excluding carboxylic acids is 1. The van der Waals surface area contributed by atoms with E-state index in [9.17, 15) is 18.0 Å². The monoisotopic (exact) mass is 303 g/mol. The molecule has 1 rings (SSSR count). The molecule has 0 unspecified atom stereocenters. The summed E-state index contributed by atoms with van der Waals surface area (Å²) in [6.45, 7) is 0. The third-order valence-corrected chi connectivity index (χ3v) is 2.20. The van der Waals surface area contributed by atoms with E-state index in [2.05, 4.69) is 12.1 Å². The first-order valence-electron chi connectivity index (χ1n) is 6.03. The summed E-state index contributed by atoms with van der Waals surface area (Å²) in [5, 5.41) is 7.12. The Morgan fingerprint density at radius 3 is 2.14 bits per heavy atom. The van der Waals surface area contributed by atoms with Crippen molar-refractivity contribution in [3.63, 3.8) is 0 Å². The predicted octanol–water partition coefficient (Wildman–Crippen LogP) is 2.68. The number of carbonyl (C=O) groups is 2. The van der Waals surface area contributed by atoms with E-state index in [-0.39, 0.29) is 5.91 Å². The van der Waals surface area contributed by atoms with Crippen LogP contribution in [0, 0.1) is 0 Å². The molecule has 0 bridgehead atoms. The van der Waals surface area contributed by atoms with Gasteiger partial charge in [0.2, 0.25) is 5.91 Å². The largest absolute Gasteiger partial charge is 0.490 e. The SMILES string of the molecule is NC(=O)C=CCCCc1ccccc1.O=C(O)C(F)(F)F. The van der Waals surface area contributed by atoms with Crippen LogP contribution in [-0.2, 0) is 16.0 Å². The van der Waals surface area contributed by atoms with Crippen molar-refractivity contribution in [1.82, 2.24) is 0 Å². The van der Waals surface area contributed by atoms with E-state index < -0.39 is 12.1 Å². The van der Waals surface area contributed by atoms with Gasteiger partial charge in [0.05, 0.1) is 0 Å². The van der Waals surface area contributed by atoms with E-state index in [1.807, 2.05) is 24.3 Å². The highest BCUT2D eigenvalue weighted by atomic mass is 19.4. The minimum atomic E-state index is -5.08. The summed E-state index contributed by atoms with van der Waals surface area (Å²) in [5.74, 6) is -3.13. The topological polar surface area (TPSA) is 80.4 Å². The van der Waals surface area contributed by atoms with Crippen LogP contribution in [0.3, 0.4) is 0 Å². The Labute approximate surface area is 120 Å². The number of carboxylic acid groups (broad SMARTS) is 1. The Bertz CT molecular complexity index is 470. The molecule has 0 radical (unpaired) electrons. The lowest BCUT2D eigenvalue weighted by atomic mass is 10.1. The number of benzene rings is 1. The molecule has 0 saturated carbocycles. The van der Waals surface area contributed by atoms with Crippen molar-refractivity contribution in [3.8, 4) is 0 Å². The highest BCUT2D eigenvalue weighted by Gasteiger charge is 2.38. The molecule has 4 nitrogen and oxygen atoms in total. The van der Waals surface area contributed by atoms with Crippen LogP contribution in [0.1, 0.15) is 18.4 Å². The molecular formula is C14H16F3NO3. The van der Waals surface area contributed by atoms with E-state index >= 15 is 0 Å². The quantitative estimate of drug-likeness (QED) is 0.648. The van der Waals surface area contributed by atoms with E-state index in [0.717, 1.165) is 19.3 Å². The first-order chi connectivity index (χ1) is 9.73. The maximum Gasteiger partial charge on any atom is 0.490 e. The van der Waals surface area contributed by atoms with Gasteiger partial charge in [0, 0.05) is 0 Å². The number of unbranched alkanes of at least 4 members (excludes halogenated alkanes) is 1. The number of alkyl halides is 3. The number of hydrogen-bond acceptors (Lipinski definition) is 2. The van der Waals surface area contributed by atoms with Crippen molar-refractivity contribution in [1.29, 1.82) is 0 Å². The zero-order valence-electron chi connectivity index (χ0n) is 11.1. The van der Waals surface area contributed by atoms with E-state index in [0.29, 0.717) is 0 Å². The number of rotatable bonds is 5. The Balaban J connectivity index is 0.000000486. The zero-order valence-corrected chi connectivity index (χ0v) is 11.1. The molecule has 0 fully saturated rings. The Hall–Kier alpha value is -2.31. The summed E-state index contributed by atoms with van der Waals surface area (Å²) in [4.78, 5) is 19.3. The van der Waals surface area contributed by atoms with Crippen LogP contribution in [-0.4, -0.2) is 23.2 Å². The van der Waals surface area contributed by atoms with Crippen LogP contribution in [0.4, 0.5) is 13.2 Å². The van der Waals surface area contributed by atoms with Gasteiger partial charge in [0.1, 0.15) is 0 Å². The molecular weight excluding hydrogens is 287 g/mol. The highest BCUT2D eigenvalue weighted by molar-refractivity contribution is 5.85. The molecule has 7 heteroatoms. The molecule has 21 heavy (non-hydrogen) atoms. The number of aliphatic carboxylic acids is 1. The molecule has 0 aliphatic heterocycles. The second-order valence-corrected chi connectivity index (χ2v) is 3.99. The average Bonchev–Trinajstić information content (AvgIpc) is 2.39. The second kappa shape index (κ2) is 9.57. The summed E-state index contributed by atoms with van der Waals surface area (Å²) in [5.41, 5.74) is 6.29. The summed E-state index contributed by atoms with van der Waals surface area (Å²) in [7, 11) is 0. The van der Waals surface area contributed by atoms with Gasteiger partial charge in [-0.05, 0) is 30.9 Å². The number of primary amides is 1. The van der Waals surface area contributed by atoms with Crippen molar-refractivity contribution in [2.24, 2.45) is 5.73 Å². The number of hydrogen-bond donors (Lipinski definition) is 2. The molecule has 0 aliphatic rings. The summed E-state index contributed by atoms with van der Waals surface area (Å²) < 4.78 is 31.7. The van der Waals surface area contributed by atoms with Crippen LogP contribution in [0.2, 0.25) is 0 Å². The second-order valence-electron chi connectivity index (χ2n) is 3.99. The van der Waals surface area contributed by atoms with Gasteiger partial charge < -0.3 is 10.8 Å². The maximum absolute atomic E-state index is 10.6. The molecule has 0 spiro atoms. The third kappa shape index (κ3) is 11.2. The molecule has 1 aromatic carbocycles. The zero-order chi connectivity index (χ0) is 16.3. The van der Waals surface area contributed by atoms with Crippen molar-refractivity contribution >= 4 is 11.9 Å². The van der Waals surface area contributed by atoms with Crippen LogP contribution in [0.5, 0.6) is 0 Å². The summed E-state index contributed by atoms with van der Waals surface area (Å²) in [6.07, 6.45) is 1.16. The van der Waals surface area contributed by atoms with Crippen LogP contribution >= 0.6 is 0 Å². The molecule has 1 amide bonds. The lowest BCUT2D eigenvalue weighted by Gasteiger charge is -1.97. The fourth-order valence-electron chi connectivity index (χ4n) is 1.27. The molecule has 0 heterocycles. The van der Waals surface area contributed by atoms with Gasteiger partial charge in [0.25, 0.3) is 0 Å². The van der Waals surface area contributed by atoms with E-state index in [1.54, 1.807) is 0 Å². The van der Waals surface area contributed by atoms with Gasteiger partial charge in [0.15, 0.2) is 0 Å². The number of aryl methyl sites for hydroxylation is 1. The smallest absolute Gasteiger partial charge is 0.475 e. The third-order valence-electron chi connectivity index (χ3n) is 2.20. The van der Waals surface area contributed by atoms with Crippen LogP contribution < -0.4 is 5.73 Å². The first-order valence-corrected chi connectivity index (χ1v) is 6.03. The highest BCUT2D eigenvalue weighted by Crippen LogP contribution is 2.13. The van der Waals surface area contributed by atoms with Crippen molar-refractivity contribution in [2.45, 2.75) is 25.4 Å². The number of allylic oxidation sites excluding steroid dienone is 1. The average molecular weight is 303 g/mol. The first kappa shape index (κ1) is 18.7. The van der Waals surface area contributed by atoms with E-state index in [4.69, 9.17) is 15.6 Å². The Morgan fingerprint density at radius 2 is 1.71 bits per heavy atom. The van der Waals surface area contributed by atoms with Gasteiger partial charge in [-0.3, -0.25) is 4.79 Å². The number of amides is 1. The predicted molar refractivity (Wildman–Crippen MR) is 71.4 cm³/mol. The van der Waals surface area contributed by atoms with Gasteiger partial charge >= 0.3 is 12.1 Å².